The molecule has 2 nitrogen and oxygen atoms in total. The lowest BCUT2D eigenvalue weighted by Gasteiger charge is -1.87. The fraction of sp³-hybridized carbons (Fsp3) is 0.500. The molecule has 1 fully saturated rings. The lowest BCUT2D eigenvalue weighted by atomic mass is 10.3. The first kappa shape index (κ1) is 6.98. The van der Waals surface area contributed by atoms with Gasteiger partial charge in [0.15, 0.2) is 0 Å². The van der Waals surface area contributed by atoms with E-state index in [-0.39, 0.29) is 0 Å². The molecule has 58 valence electrons. The van der Waals surface area contributed by atoms with Crippen LogP contribution in [0.25, 0.3) is 0 Å². The Labute approximate surface area is 69.8 Å². The molecule has 0 aromatic carbocycles. The second-order valence-corrected chi connectivity index (χ2v) is 3.83. The van der Waals surface area contributed by atoms with E-state index in [1.54, 1.807) is 18.3 Å². The molecule has 3 heteroatoms. The summed E-state index contributed by atoms with van der Waals surface area (Å²) in [6.45, 7) is 1.79. The van der Waals surface area contributed by atoms with E-state index in [0.717, 1.165) is 10.9 Å². The molecule has 0 spiro atoms. The molecule has 0 bridgehead atoms. The highest BCUT2D eigenvalue weighted by atomic mass is 32.1. The SMILES string of the molecule is CC(=N)c1nc(C2CC2)cs1. The summed E-state index contributed by atoms with van der Waals surface area (Å²) in [5, 5.41) is 10.3. The van der Waals surface area contributed by atoms with E-state index in [2.05, 4.69) is 10.4 Å². The summed E-state index contributed by atoms with van der Waals surface area (Å²) in [4.78, 5) is 4.37. The Kier molecular flexibility index (Phi) is 1.53. The van der Waals surface area contributed by atoms with E-state index in [1.807, 2.05) is 0 Å². The lowest BCUT2D eigenvalue weighted by Crippen LogP contribution is -1.90. The average molecular weight is 166 g/mol. The summed E-state index contributed by atoms with van der Waals surface area (Å²) in [6, 6.07) is 0. The highest BCUT2D eigenvalue weighted by Crippen LogP contribution is 2.40. The predicted molar refractivity (Wildman–Crippen MR) is 46.6 cm³/mol. The average Bonchev–Trinajstić information content (AvgIpc) is 2.68. The molecule has 0 aliphatic heterocycles. The molecule has 1 aromatic heterocycles. The third-order valence-corrected chi connectivity index (χ3v) is 2.82. The van der Waals surface area contributed by atoms with Crippen LogP contribution in [0, 0.1) is 5.41 Å². The quantitative estimate of drug-likeness (QED) is 0.673. The normalized spacial score (nSPS) is 16.8. The van der Waals surface area contributed by atoms with E-state index in [9.17, 15) is 0 Å². The Morgan fingerprint density at radius 3 is 2.91 bits per heavy atom. The Morgan fingerprint density at radius 1 is 1.73 bits per heavy atom. The van der Waals surface area contributed by atoms with Gasteiger partial charge < -0.3 is 5.41 Å². The van der Waals surface area contributed by atoms with E-state index >= 15 is 0 Å². The van der Waals surface area contributed by atoms with Gasteiger partial charge in [0.05, 0.1) is 11.4 Å². The molecular formula is C8H10N2S. The summed E-state index contributed by atoms with van der Waals surface area (Å²) >= 11 is 1.59. The van der Waals surface area contributed by atoms with Gasteiger partial charge in [-0.05, 0) is 19.8 Å². The molecule has 0 atom stereocenters. The van der Waals surface area contributed by atoms with Gasteiger partial charge in [-0.25, -0.2) is 4.98 Å². The van der Waals surface area contributed by atoms with E-state index in [4.69, 9.17) is 5.41 Å². The zero-order valence-corrected chi connectivity index (χ0v) is 7.24. The number of nitrogens with zero attached hydrogens (tertiary/aromatic N) is 1. The van der Waals surface area contributed by atoms with Gasteiger partial charge in [-0.1, -0.05) is 0 Å². The van der Waals surface area contributed by atoms with Crippen molar-refractivity contribution in [3.63, 3.8) is 0 Å². The monoisotopic (exact) mass is 166 g/mol. The molecule has 0 radical (unpaired) electrons. The molecule has 1 N–H and O–H groups in total. The number of hydrogen-bond acceptors (Lipinski definition) is 3. The minimum Gasteiger partial charge on any atom is -0.302 e. The molecular weight excluding hydrogens is 156 g/mol. The Bertz CT molecular complexity index is 286. The zero-order chi connectivity index (χ0) is 7.84. The van der Waals surface area contributed by atoms with Gasteiger partial charge in [-0.2, -0.15) is 0 Å². The van der Waals surface area contributed by atoms with Gasteiger partial charge in [0.25, 0.3) is 0 Å². The molecule has 1 aromatic rings. The Hall–Kier alpha value is -0.700. The van der Waals surface area contributed by atoms with Gasteiger partial charge in [0.2, 0.25) is 0 Å². The largest absolute Gasteiger partial charge is 0.302 e. The summed E-state index contributed by atoms with van der Waals surface area (Å²) in [6.07, 6.45) is 2.58. The molecule has 2 rings (SSSR count). The van der Waals surface area contributed by atoms with Gasteiger partial charge in [0, 0.05) is 11.3 Å². The maximum absolute atomic E-state index is 7.36. The zero-order valence-electron chi connectivity index (χ0n) is 6.42. The second kappa shape index (κ2) is 2.41. The first-order valence-electron chi connectivity index (χ1n) is 3.78. The summed E-state index contributed by atoms with van der Waals surface area (Å²) in [5.74, 6) is 0.722. The van der Waals surface area contributed by atoms with Crippen LogP contribution in [0.4, 0.5) is 0 Å². The van der Waals surface area contributed by atoms with Crippen LogP contribution in [0.15, 0.2) is 5.38 Å². The lowest BCUT2D eigenvalue weighted by molar-refractivity contribution is 1.04. The van der Waals surface area contributed by atoms with Crippen LogP contribution in [0.3, 0.4) is 0 Å². The maximum atomic E-state index is 7.36. The van der Waals surface area contributed by atoms with E-state index in [0.29, 0.717) is 5.71 Å². The first-order valence-corrected chi connectivity index (χ1v) is 4.66. The van der Waals surface area contributed by atoms with Crippen LogP contribution in [0.2, 0.25) is 0 Å². The minimum absolute atomic E-state index is 0.585. The van der Waals surface area contributed by atoms with Crippen LogP contribution >= 0.6 is 11.3 Å². The number of aromatic nitrogens is 1. The summed E-state index contributed by atoms with van der Waals surface area (Å²) < 4.78 is 0. The molecule has 1 aliphatic carbocycles. The highest BCUT2D eigenvalue weighted by Gasteiger charge is 2.26. The van der Waals surface area contributed by atoms with Gasteiger partial charge >= 0.3 is 0 Å². The molecule has 1 heterocycles. The topological polar surface area (TPSA) is 36.7 Å². The molecule has 0 unspecified atom stereocenters. The number of rotatable bonds is 2. The van der Waals surface area contributed by atoms with Crippen LogP contribution in [0.5, 0.6) is 0 Å². The number of nitrogens with one attached hydrogen (secondary N) is 1. The standard InChI is InChI=1S/C8H10N2S/c1-5(9)8-10-7(4-11-8)6-2-3-6/h4,6,9H,2-3H2,1H3. The van der Waals surface area contributed by atoms with Crippen molar-refractivity contribution in [2.75, 3.05) is 0 Å². The van der Waals surface area contributed by atoms with Gasteiger partial charge in [-0.15, -0.1) is 11.3 Å². The first-order chi connectivity index (χ1) is 5.27. The van der Waals surface area contributed by atoms with Crippen molar-refractivity contribution >= 4 is 17.0 Å². The third-order valence-electron chi connectivity index (χ3n) is 1.84. The predicted octanol–water partition coefficient (Wildman–Crippen LogP) is 2.41. The van der Waals surface area contributed by atoms with E-state index < -0.39 is 0 Å². The van der Waals surface area contributed by atoms with Crippen molar-refractivity contribution in [2.45, 2.75) is 25.7 Å². The molecule has 11 heavy (non-hydrogen) atoms. The van der Waals surface area contributed by atoms with Gasteiger partial charge in [-0.3, -0.25) is 0 Å². The van der Waals surface area contributed by atoms with Crippen molar-refractivity contribution in [3.05, 3.63) is 16.1 Å². The van der Waals surface area contributed by atoms with Crippen molar-refractivity contribution in [3.8, 4) is 0 Å². The summed E-state index contributed by atoms with van der Waals surface area (Å²) in [5.41, 5.74) is 1.79. The van der Waals surface area contributed by atoms with Crippen molar-refractivity contribution in [1.29, 1.82) is 5.41 Å². The smallest absolute Gasteiger partial charge is 0.136 e. The van der Waals surface area contributed by atoms with Crippen molar-refractivity contribution in [2.24, 2.45) is 0 Å². The molecule has 1 saturated carbocycles. The van der Waals surface area contributed by atoms with Gasteiger partial charge in [0.1, 0.15) is 5.01 Å². The van der Waals surface area contributed by atoms with Crippen LogP contribution in [-0.4, -0.2) is 10.7 Å². The van der Waals surface area contributed by atoms with Crippen LogP contribution in [-0.2, 0) is 0 Å². The third kappa shape index (κ3) is 1.33. The summed E-state index contributed by atoms with van der Waals surface area (Å²) in [7, 11) is 0. The Morgan fingerprint density at radius 2 is 2.45 bits per heavy atom. The molecule has 1 aliphatic rings. The van der Waals surface area contributed by atoms with Crippen LogP contribution in [0.1, 0.15) is 36.4 Å². The fourth-order valence-corrected chi connectivity index (χ4v) is 1.84. The molecule has 0 saturated heterocycles. The number of thiazole rings is 1. The Balaban J connectivity index is 2.25. The number of hydrogen-bond donors (Lipinski definition) is 1. The highest BCUT2D eigenvalue weighted by molar-refractivity contribution is 7.11. The van der Waals surface area contributed by atoms with Crippen molar-refractivity contribution < 1.29 is 0 Å². The maximum Gasteiger partial charge on any atom is 0.136 e. The minimum atomic E-state index is 0.585. The van der Waals surface area contributed by atoms with Crippen molar-refractivity contribution in [1.82, 2.24) is 4.98 Å². The fourth-order valence-electron chi connectivity index (χ4n) is 1.02. The molecule has 0 amide bonds. The van der Waals surface area contributed by atoms with Crippen LogP contribution < -0.4 is 0 Å². The van der Waals surface area contributed by atoms with E-state index in [1.165, 1.54) is 18.5 Å². The second-order valence-electron chi connectivity index (χ2n) is 2.98.